The number of hydrogen-bond donors (Lipinski definition) is 0. The van der Waals surface area contributed by atoms with E-state index in [1.165, 1.54) is 0 Å². The first-order chi connectivity index (χ1) is 6.69. The Kier molecular flexibility index (Phi) is 4.55. The summed E-state index contributed by atoms with van der Waals surface area (Å²) in [6.45, 7) is 5.74. The summed E-state index contributed by atoms with van der Waals surface area (Å²) >= 11 is 0. The summed E-state index contributed by atoms with van der Waals surface area (Å²) in [6, 6.07) is 0.0989. The van der Waals surface area contributed by atoms with Crippen molar-refractivity contribution < 1.29 is 9.53 Å². The molecule has 0 radical (unpaired) electrons. The highest BCUT2D eigenvalue weighted by molar-refractivity contribution is 5.84. The maximum absolute atomic E-state index is 11.5. The van der Waals surface area contributed by atoms with Gasteiger partial charge in [0.2, 0.25) is 0 Å². The van der Waals surface area contributed by atoms with E-state index in [0.717, 1.165) is 26.0 Å². The summed E-state index contributed by atoms with van der Waals surface area (Å²) in [5, 5.41) is 0. The number of ketones is 1. The number of rotatable bonds is 5. The summed E-state index contributed by atoms with van der Waals surface area (Å²) in [7, 11) is 2.01. The molecule has 0 amide bonds. The Morgan fingerprint density at radius 1 is 1.50 bits per heavy atom. The number of likely N-dealkylation sites (tertiary alicyclic amines) is 1. The minimum Gasteiger partial charge on any atom is -0.377 e. The molecule has 82 valence electrons. The third-order valence-corrected chi connectivity index (χ3v) is 2.79. The van der Waals surface area contributed by atoms with Crippen LogP contribution in [-0.4, -0.2) is 43.0 Å². The van der Waals surface area contributed by atoms with Crippen molar-refractivity contribution in [2.75, 3.05) is 20.2 Å². The van der Waals surface area contributed by atoms with Gasteiger partial charge in [-0.05, 0) is 19.9 Å². The Morgan fingerprint density at radius 2 is 2.21 bits per heavy atom. The van der Waals surface area contributed by atoms with Gasteiger partial charge in [-0.3, -0.25) is 9.69 Å². The third kappa shape index (κ3) is 2.79. The standard InChI is InChI=1S/C11H21NO2/c1-4-6-14-9-7-10(11(13)5-2)12(3)8-9/h9-10H,4-8H2,1-3H3/t9-,10-/m0/s1. The van der Waals surface area contributed by atoms with Crippen molar-refractivity contribution in [2.24, 2.45) is 0 Å². The van der Waals surface area contributed by atoms with Crippen molar-refractivity contribution in [1.82, 2.24) is 4.90 Å². The molecule has 3 heteroatoms. The first-order valence-corrected chi connectivity index (χ1v) is 5.53. The number of carbonyl (C=O) groups excluding carboxylic acids is 1. The highest BCUT2D eigenvalue weighted by Gasteiger charge is 2.33. The average Bonchev–Trinajstić information content (AvgIpc) is 2.55. The van der Waals surface area contributed by atoms with Gasteiger partial charge in [0.25, 0.3) is 0 Å². The molecule has 1 aliphatic heterocycles. The average molecular weight is 199 g/mol. The molecule has 0 aromatic carbocycles. The van der Waals surface area contributed by atoms with Crippen LogP contribution in [0.4, 0.5) is 0 Å². The van der Waals surface area contributed by atoms with Gasteiger partial charge in [0, 0.05) is 19.6 Å². The molecule has 1 rings (SSSR count). The fourth-order valence-corrected chi connectivity index (χ4v) is 1.97. The van der Waals surface area contributed by atoms with Gasteiger partial charge >= 0.3 is 0 Å². The Morgan fingerprint density at radius 3 is 2.79 bits per heavy atom. The summed E-state index contributed by atoms with van der Waals surface area (Å²) in [5.74, 6) is 0.343. The number of ether oxygens (including phenoxy) is 1. The van der Waals surface area contributed by atoms with Crippen LogP contribution in [0.2, 0.25) is 0 Å². The van der Waals surface area contributed by atoms with Crippen molar-refractivity contribution in [3.8, 4) is 0 Å². The monoisotopic (exact) mass is 199 g/mol. The number of Topliss-reactive ketones (excluding diaryl/α,β-unsaturated/α-hetero) is 1. The SMILES string of the molecule is CCCO[C@H]1C[C@@H](C(=O)CC)N(C)C1. The second-order valence-corrected chi connectivity index (χ2v) is 4.00. The molecule has 14 heavy (non-hydrogen) atoms. The Hall–Kier alpha value is -0.410. The van der Waals surface area contributed by atoms with Crippen LogP contribution in [0.25, 0.3) is 0 Å². The number of hydrogen-bond acceptors (Lipinski definition) is 3. The van der Waals surface area contributed by atoms with Crippen molar-refractivity contribution >= 4 is 5.78 Å². The van der Waals surface area contributed by atoms with Gasteiger partial charge < -0.3 is 4.74 Å². The molecule has 0 bridgehead atoms. The van der Waals surface area contributed by atoms with E-state index in [9.17, 15) is 4.79 Å². The van der Waals surface area contributed by atoms with E-state index < -0.39 is 0 Å². The van der Waals surface area contributed by atoms with Crippen molar-refractivity contribution in [3.05, 3.63) is 0 Å². The van der Waals surface area contributed by atoms with Crippen LogP contribution < -0.4 is 0 Å². The first kappa shape index (κ1) is 11.7. The summed E-state index contributed by atoms with van der Waals surface area (Å²) < 4.78 is 5.65. The van der Waals surface area contributed by atoms with Crippen LogP contribution in [0.1, 0.15) is 33.1 Å². The molecule has 1 aliphatic rings. The fourth-order valence-electron chi connectivity index (χ4n) is 1.97. The van der Waals surface area contributed by atoms with Gasteiger partial charge in [-0.1, -0.05) is 13.8 Å². The molecular formula is C11H21NO2. The lowest BCUT2D eigenvalue weighted by Gasteiger charge is -2.16. The van der Waals surface area contributed by atoms with Gasteiger partial charge in [-0.2, -0.15) is 0 Å². The van der Waals surface area contributed by atoms with Gasteiger partial charge in [-0.25, -0.2) is 0 Å². The largest absolute Gasteiger partial charge is 0.377 e. The zero-order valence-corrected chi connectivity index (χ0v) is 9.45. The molecule has 1 saturated heterocycles. The van der Waals surface area contributed by atoms with Crippen molar-refractivity contribution in [3.63, 3.8) is 0 Å². The minimum atomic E-state index is 0.0989. The van der Waals surface area contributed by atoms with E-state index in [0.29, 0.717) is 12.2 Å². The number of nitrogens with zero attached hydrogens (tertiary/aromatic N) is 1. The predicted molar refractivity (Wildman–Crippen MR) is 56.4 cm³/mol. The molecule has 0 N–H and O–H groups in total. The van der Waals surface area contributed by atoms with Crippen LogP contribution in [0, 0.1) is 0 Å². The van der Waals surface area contributed by atoms with Crippen LogP contribution in [0.3, 0.4) is 0 Å². The molecule has 1 heterocycles. The van der Waals surface area contributed by atoms with Gasteiger partial charge in [0.15, 0.2) is 0 Å². The maximum Gasteiger partial charge on any atom is 0.149 e. The smallest absolute Gasteiger partial charge is 0.149 e. The van der Waals surface area contributed by atoms with Crippen molar-refractivity contribution in [1.29, 1.82) is 0 Å². The lowest BCUT2D eigenvalue weighted by Crippen LogP contribution is -2.32. The van der Waals surface area contributed by atoms with E-state index in [1.54, 1.807) is 0 Å². The topological polar surface area (TPSA) is 29.5 Å². The molecular weight excluding hydrogens is 178 g/mol. The summed E-state index contributed by atoms with van der Waals surface area (Å²) in [4.78, 5) is 13.7. The minimum absolute atomic E-state index is 0.0989. The summed E-state index contributed by atoms with van der Waals surface area (Å²) in [6.07, 6.45) is 2.83. The van der Waals surface area contributed by atoms with E-state index >= 15 is 0 Å². The third-order valence-electron chi connectivity index (χ3n) is 2.79. The second kappa shape index (κ2) is 5.47. The van der Waals surface area contributed by atoms with Crippen LogP contribution in [-0.2, 0) is 9.53 Å². The molecule has 0 aromatic heterocycles. The van der Waals surface area contributed by atoms with E-state index in [4.69, 9.17) is 4.74 Å². The van der Waals surface area contributed by atoms with E-state index in [2.05, 4.69) is 11.8 Å². The lowest BCUT2D eigenvalue weighted by molar-refractivity contribution is -0.122. The zero-order chi connectivity index (χ0) is 10.6. The Bertz CT molecular complexity index is 194. The second-order valence-electron chi connectivity index (χ2n) is 4.00. The van der Waals surface area contributed by atoms with Crippen molar-refractivity contribution in [2.45, 2.75) is 45.3 Å². The Balaban J connectivity index is 2.39. The van der Waals surface area contributed by atoms with Gasteiger partial charge in [-0.15, -0.1) is 0 Å². The molecule has 0 unspecified atom stereocenters. The van der Waals surface area contributed by atoms with Gasteiger partial charge in [0.1, 0.15) is 5.78 Å². The number of likely N-dealkylation sites (N-methyl/N-ethyl adjacent to an activating group) is 1. The van der Waals surface area contributed by atoms with Crippen LogP contribution >= 0.6 is 0 Å². The molecule has 0 aliphatic carbocycles. The quantitative estimate of drug-likeness (QED) is 0.671. The Labute approximate surface area is 86.4 Å². The number of carbonyl (C=O) groups is 1. The molecule has 2 atom stereocenters. The van der Waals surface area contributed by atoms with Crippen LogP contribution in [0.15, 0.2) is 0 Å². The molecule has 1 fully saturated rings. The molecule has 0 saturated carbocycles. The van der Waals surface area contributed by atoms with E-state index in [-0.39, 0.29) is 12.1 Å². The fraction of sp³-hybridized carbons (Fsp3) is 0.909. The predicted octanol–water partition coefficient (Wildman–Crippen LogP) is 1.46. The molecule has 0 spiro atoms. The zero-order valence-electron chi connectivity index (χ0n) is 9.45. The highest BCUT2D eigenvalue weighted by atomic mass is 16.5. The molecule has 0 aromatic rings. The lowest BCUT2D eigenvalue weighted by atomic mass is 10.1. The van der Waals surface area contributed by atoms with Crippen LogP contribution in [0.5, 0.6) is 0 Å². The highest BCUT2D eigenvalue weighted by Crippen LogP contribution is 2.20. The van der Waals surface area contributed by atoms with Gasteiger partial charge in [0.05, 0.1) is 12.1 Å². The summed E-state index contributed by atoms with van der Waals surface area (Å²) in [5.41, 5.74) is 0. The van der Waals surface area contributed by atoms with E-state index in [1.807, 2.05) is 14.0 Å². The molecule has 3 nitrogen and oxygen atoms in total. The first-order valence-electron chi connectivity index (χ1n) is 5.53. The normalized spacial score (nSPS) is 28.2. The maximum atomic E-state index is 11.5.